The van der Waals surface area contributed by atoms with Gasteiger partial charge in [0.15, 0.2) is 0 Å². The van der Waals surface area contributed by atoms with Crippen LogP contribution in [-0.2, 0) is 6.54 Å². The van der Waals surface area contributed by atoms with Crippen LogP contribution >= 0.6 is 0 Å². The molecule has 21 heavy (non-hydrogen) atoms. The Labute approximate surface area is 126 Å². The number of benzene rings is 2. The van der Waals surface area contributed by atoms with Crippen LogP contribution in [0.3, 0.4) is 0 Å². The van der Waals surface area contributed by atoms with Crippen molar-refractivity contribution in [3.05, 3.63) is 65.7 Å². The van der Waals surface area contributed by atoms with Crippen LogP contribution in [0, 0.1) is 0 Å². The maximum absolute atomic E-state index is 10.5. The molecule has 0 aliphatic rings. The molecule has 0 saturated heterocycles. The van der Waals surface area contributed by atoms with E-state index < -0.39 is 6.10 Å². The summed E-state index contributed by atoms with van der Waals surface area (Å²) in [6.45, 7) is 3.93. The van der Waals surface area contributed by atoms with Gasteiger partial charge in [0.2, 0.25) is 0 Å². The minimum absolute atomic E-state index is 0.554. The number of likely N-dealkylation sites (N-methyl/N-ethyl adjacent to an activating group) is 1. The third-order valence-electron chi connectivity index (χ3n) is 3.36. The summed E-state index contributed by atoms with van der Waals surface area (Å²) in [4.78, 5) is 2.11. The van der Waals surface area contributed by atoms with Crippen LogP contribution in [0.25, 0.3) is 0 Å². The summed E-state index contributed by atoms with van der Waals surface area (Å²) in [7, 11) is 2.01. The van der Waals surface area contributed by atoms with Crippen molar-refractivity contribution in [3.8, 4) is 5.75 Å². The van der Waals surface area contributed by atoms with Gasteiger partial charge < -0.3 is 9.84 Å². The summed E-state index contributed by atoms with van der Waals surface area (Å²) in [5.74, 6) is 0.764. The molecule has 1 N–H and O–H groups in total. The molecule has 3 heteroatoms. The highest BCUT2D eigenvalue weighted by atomic mass is 16.5. The third-order valence-corrected chi connectivity index (χ3v) is 3.36. The van der Waals surface area contributed by atoms with E-state index in [-0.39, 0.29) is 0 Å². The number of nitrogens with zero attached hydrogens (tertiary/aromatic N) is 1. The summed E-state index contributed by atoms with van der Waals surface area (Å²) >= 11 is 0. The van der Waals surface area contributed by atoms with Crippen molar-refractivity contribution < 1.29 is 9.84 Å². The zero-order valence-electron chi connectivity index (χ0n) is 12.7. The topological polar surface area (TPSA) is 32.7 Å². The van der Waals surface area contributed by atoms with Crippen molar-refractivity contribution in [2.45, 2.75) is 19.6 Å². The van der Waals surface area contributed by atoms with E-state index in [1.807, 2.05) is 56.4 Å². The number of rotatable bonds is 7. The molecular weight excluding hydrogens is 262 g/mol. The van der Waals surface area contributed by atoms with Gasteiger partial charge in [0.25, 0.3) is 0 Å². The van der Waals surface area contributed by atoms with Crippen LogP contribution in [0.4, 0.5) is 0 Å². The fourth-order valence-corrected chi connectivity index (χ4v) is 2.40. The first kappa shape index (κ1) is 15.5. The van der Waals surface area contributed by atoms with Gasteiger partial charge in [-0.05, 0) is 25.6 Å². The monoisotopic (exact) mass is 285 g/mol. The maximum Gasteiger partial charge on any atom is 0.125 e. The molecule has 0 aliphatic carbocycles. The van der Waals surface area contributed by atoms with Gasteiger partial charge in [-0.15, -0.1) is 0 Å². The molecule has 3 nitrogen and oxygen atoms in total. The van der Waals surface area contributed by atoms with Gasteiger partial charge in [-0.2, -0.15) is 0 Å². The second-order valence-electron chi connectivity index (χ2n) is 5.17. The standard InChI is InChI=1S/C18H23NO2/c1-3-21-18-12-8-7-11-16(18)17(20)14-19(2)13-15-9-5-4-6-10-15/h4-12,17,20H,3,13-14H2,1-2H3. The van der Waals surface area contributed by atoms with Crippen molar-refractivity contribution in [2.75, 3.05) is 20.2 Å². The summed E-state index contributed by atoms with van der Waals surface area (Å²) in [5.41, 5.74) is 2.09. The quantitative estimate of drug-likeness (QED) is 0.847. The van der Waals surface area contributed by atoms with Gasteiger partial charge in [-0.25, -0.2) is 0 Å². The Morgan fingerprint density at radius 2 is 1.71 bits per heavy atom. The van der Waals surface area contributed by atoms with Crippen molar-refractivity contribution in [1.29, 1.82) is 0 Å². The Hall–Kier alpha value is -1.84. The molecule has 0 fully saturated rings. The summed E-state index contributed by atoms with van der Waals surface area (Å²) in [5, 5.41) is 10.5. The van der Waals surface area contributed by atoms with E-state index in [9.17, 15) is 5.11 Å². The highest BCUT2D eigenvalue weighted by molar-refractivity contribution is 5.35. The van der Waals surface area contributed by atoms with Crippen molar-refractivity contribution in [2.24, 2.45) is 0 Å². The smallest absolute Gasteiger partial charge is 0.125 e. The number of aliphatic hydroxyl groups excluding tert-OH is 1. The Morgan fingerprint density at radius 3 is 2.43 bits per heavy atom. The van der Waals surface area contributed by atoms with E-state index in [0.717, 1.165) is 17.9 Å². The van der Waals surface area contributed by atoms with E-state index in [2.05, 4.69) is 17.0 Å². The predicted molar refractivity (Wildman–Crippen MR) is 85.3 cm³/mol. The average Bonchev–Trinajstić information content (AvgIpc) is 2.49. The largest absolute Gasteiger partial charge is 0.493 e. The number of para-hydroxylation sites is 1. The Bertz CT molecular complexity index is 542. The molecule has 112 valence electrons. The van der Waals surface area contributed by atoms with Crippen LogP contribution in [0.5, 0.6) is 5.75 Å². The van der Waals surface area contributed by atoms with E-state index in [1.165, 1.54) is 5.56 Å². The van der Waals surface area contributed by atoms with Crippen LogP contribution in [0.15, 0.2) is 54.6 Å². The Balaban J connectivity index is 1.99. The summed E-state index contributed by atoms with van der Waals surface area (Å²) < 4.78 is 5.58. The lowest BCUT2D eigenvalue weighted by molar-refractivity contribution is 0.120. The zero-order chi connectivity index (χ0) is 15.1. The van der Waals surface area contributed by atoms with Gasteiger partial charge in [0, 0.05) is 18.7 Å². The molecule has 2 aromatic rings. The first-order valence-electron chi connectivity index (χ1n) is 7.33. The SMILES string of the molecule is CCOc1ccccc1C(O)CN(C)Cc1ccccc1. The van der Waals surface area contributed by atoms with Crippen molar-refractivity contribution in [1.82, 2.24) is 4.90 Å². The molecule has 0 saturated carbocycles. The first-order chi connectivity index (χ1) is 10.2. The van der Waals surface area contributed by atoms with E-state index >= 15 is 0 Å². The lowest BCUT2D eigenvalue weighted by Crippen LogP contribution is -2.24. The van der Waals surface area contributed by atoms with Crippen LogP contribution in [-0.4, -0.2) is 30.2 Å². The predicted octanol–water partition coefficient (Wildman–Crippen LogP) is 3.25. The van der Waals surface area contributed by atoms with E-state index in [0.29, 0.717) is 13.2 Å². The first-order valence-corrected chi connectivity index (χ1v) is 7.33. The van der Waals surface area contributed by atoms with Crippen LogP contribution in [0.2, 0.25) is 0 Å². The normalized spacial score (nSPS) is 12.4. The number of hydrogen-bond donors (Lipinski definition) is 1. The minimum Gasteiger partial charge on any atom is -0.493 e. The summed E-state index contributed by atoms with van der Waals surface area (Å²) in [6, 6.07) is 17.9. The molecular formula is C18H23NO2. The van der Waals surface area contributed by atoms with Gasteiger partial charge in [0.05, 0.1) is 12.7 Å². The fraction of sp³-hybridized carbons (Fsp3) is 0.333. The van der Waals surface area contributed by atoms with Crippen LogP contribution < -0.4 is 4.74 Å². The number of aliphatic hydroxyl groups is 1. The number of hydrogen-bond acceptors (Lipinski definition) is 3. The van der Waals surface area contributed by atoms with Gasteiger partial charge in [0.1, 0.15) is 5.75 Å². The lowest BCUT2D eigenvalue weighted by atomic mass is 10.1. The molecule has 0 bridgehead atoms. The fourth-order valence-electron chi connectivity index (χ4n) is 2.40. The zero-order valence-corrected chi connectivity index (χ0v) is 12.7. The van der Waals surface area contributed by atoms with Gasteiger partial charge in [-0.1, -0.05) is 48.5 Å². The van der Waals surface area contributed by atoms with Crippen molar-refractivity contribution >= 4 is 0 Å². The molecule has 0 amide bonds. The molecule has 2 rings (SSSR count). The molecule has 2 aromatic carbocycles. The number of ether oxygens (including phenoxy) is 1. The summed E-state index contributed by atoms with van der Waals surface area (Å²) in [6.07, 6.45) is -0.554. The molecule has 0 spiro atoms. The highest BCUT2D eigenvalue weighted by Gasteiger charge is 2.15. The van der Waals surface area contributed by atoms with E-state index in [1.54, 1.807) is 0 Å². The lowest BCUT2D eigenvalue weighted by Gasteiger charge is -2.22. The second-order valence-corrected chi connectivity index (χ2v) is 5.17. The Kier molecular flexibility index (Phi) is 5.78. The molecule has 0 heterocycles. The second kappa shape index (κ2) is 7.81. The highest BCUT2D eigenvalue weighted by Crippen LogP contribution is 2.25. The maximum atomic E-state index is 10.5. The van der Waals surface area contributed by atoms with Gasteiger partial charge in [-0.3, -0.25) is 4.90 Å². The third kappa shape index (κ3) is 4.59. The molecule has 1 unspecified atom stereocenters. The van der Waals surface area contributed by atoms with Gasteiger partial charge >= 0.3 is 0 Å². The van der Waals surface area contributed by atoms with Crippen molar-refractivity contribution in [3.63, 3.8) is 0 Å². The van der Waals surface area contributed by atoms with Crippen LogP contribution in [0.1, 0.15) is 24.2 Å². The Morgan fingerprint density at radius 1 is 1.05 bits per heavy atom. The van der Waals surface area contributed by atoms with E-state index in [4.69, 9.17) is 4.74 Å². The molecule has 0 radical (unpaired) electrons. The average molecular weight is 285 g/mol. The molecule has 1 atom stereocenters. The molecule has 0 aromatic heterocycles. The minimum atomic E-state index is -0.554. The molecule has 0 aliphatic heterocycles.